The lowest BCUT2D eigenvalue weighted by molar-refractivity contribution is 0.548. The van der Waals surface area contributed by atoms with Gasteiger partial charge in [0.1, 0.15) is 23.8 Å². The van der Waals surface area contributed by atoms with Gasteiger partial charge in [0.15, 0.2) is 0 Å². The summed E-state index contributed by atoms with van der Waals surface area (Å²) in [5, 5.41) is 7.14. The predicted octanol–water partition coefficient (Wildman–Crippen LogP) is 3.71. The first-order valence-electron chi connectivity index (χ1n) is 7.67. The van der Waals surface area contributed by atoms with Crippen LogP contribution in [0.4, 0.5) is 21.7 Å². The van der Waals surface area contributed by atoms with Gasteiger partial charge in [0.2, 0.25) is 0 Å². The van der Waals surface area contributed by atoms with Crippen LogP contribution in [0.2, 0.25) is 5.02 Å². The quantitative estimate of drug-likeness (QED) is 0.642. The molecule has 0 saturated carbocycles. The summed E-state index contributed by atoms with van der Waals surface area (Å²) in [4.78, 5) is 12.8. The van der Waals surface area contributed by atoms with Crippen molar-refractivity contribution < 1.29 is 4.39 Å². The molecule has 0 bridgehead atoms. The Morgan fingerprint density at radius 1 is 1.20 bits per heavy atom. The standard InChI is InChI=1S/C17H18ClFN6/c1-17(2,20)8-22-15-6-11-14(7-21-15)23-9-24-16(11)25-10-3-4-13(19)12(18)5-10/h3-7,9H,8,20H2,1-2H3,(H,21,22)(H,23,24,25). The molecule has 0 saturated heterocycles. The molecule has 2 aromatic heterocycles. The lowest BCUT2D eigenvalue weighted by atomic mass is 10.1. The molecule has 3 rings (SSSR count). The molecule has 4 N–H and O–H groups in total. The van der Waals surface area contributed by atoms with Crippen LogP contribution in [0.25, 0.3) is 10.9 Å². The normalized spacial score (nSPS) is 11.6. The van der Waals surface area contributed by atoms with Crippen molar-refractivity contribution >= 4 is 39.8 Å². The largest absolute Gasteiger partial charge is 0.368 e. The summed E-state index contributed by atoms with van der Waals surface area (Å²) >= 11 is 5.83. The van der Waals surface area contributed by atoms with E-state index < -0.39 is 5.82 Å². The Morgan fingerprint density at radius 2 is 2.00 bits per heavy atom. The molecule has 6 nitrogen and oxygen atoms in total. The molecule has 1 aromatic carbocycles. The van der Waals surface area contributed by atoms with Gasteiger partial charge in [-0.25, -0.2) is 19.3 Å². The smallest absolute Gasteiger partial charge is 0.141 e. The van der Waals surface area contributed by atoms with Crippen molar-refractivity contribution in [2.45, 2.75) is 19.4 Å². The summed E-state index contributed by atoms with van der Waals surface area (Å²) in [6.45, 7) is 4.42. The highest BCUT2D eigenvalue weighted by atomic mass is 35.5. The van der Waals surface area contributed by atoms with Gasteiger partial charge in [-0.15, -0.1) is 0 Å². The maximum absolute atomic E-state index is 13.3. The predicted molar refractivity (Wildman–Crippen MR) is 98.8 cm³/mol. The SMILES string of the molecule is CC(C)(N)CNc1cc2c(Nc3ccc(F)c(Cl)c3)ncnc2cn1. The Bertz CT molecular complexity index is 909. The topological polar surface area (TPSA) is 88.8 Å². The number of rotatable bonds is 5. The minimum atomic E-state index is -0.472. The highest BCUT2D eigenvalue weighted by Crippen LogP contribution is 2.26. The van der Waals surface area contributed by atoms with E-state index in [1.54, 1.807) is 12.3 Å². The number of nitrogens with one attached hydrogen (secondary N) is 2. The number of pyridine rings is 1. The molecule has 0 aliphatic rings. The van der Waals surface area contributed by atoms with E-state index in [4.69, 9.17) is 17.3 Å². The number of nitrogens with two attached hydrogens (primary N) is 1. The third kappa shape index (κ3) is 4.32. The summed E-state index contributed by atoms with van der Waals surface area (Å²) in [5.74, 6) is 0.769. The molecule has 2 heterocycles. The van der Waals surface area contributed by atoms with Crippen LogP contribution in [-0.4, -0.2) is 27.0 Å². The third-order valence-electron chi connectivity index (χ3n) is 3.43. The zero-order valence-corrected chi connectivity index (χ0v) is 14.6. The molecule has 0 spiro atoms. The minimum Gasteiger partial charge on any atom is -0.368 e. The van der Waals surface area contributed by atoms with Crippen LogP contribution < -0.4 is 16.4 Å². The van der Waals surface area contributed by atoms with Crippen molar-refractivity contribution in [1.29, 1.82) is 0 Å². The molecule has 25 heavy (non-hydrogen) atoms. The number of fused-ring (bicyclic) bond motifs is 1. The van der Waals surface area contributed by atoms with Gasteiger partial charge in [-0.2, -0.15) is 0 Å². The molecule has 0 aliphatic carbocycles. The molecular formula is C17H18ClFN6. The molecular weight excluding hydrogens is 343 g/mol. The van der Waals surface area contributed by atoms with Crippen LogP contribution in [0.1, 0.15) is 13.8 Å². The van der Waals surface area contributed by atoms with Crippen LogP contribution >= 0.6 is 11.6 Å². The Labute approximate surface area is 149 Å². The summed E-state index contributed by atoms with van der Waals surface area (Å²) in [6.07, 6.45) is 3.10. The van der Waals surface area contributed by atoms with Crippen LogP contribution in [0.5, 0.6) is 0 Å². The second-order valence-electron chi connectivity index (χ2n) is 6.40. The van der Waals surface area contributed by atoms with E-state index in [-0.39, 0.29) is 10.6 Å². The summed E-state index contributed by atoms with van der Waals surface area (Å²) in [7, 11) is 0. The maximum Gasteiger partial charge on any atom is 0.141 e. The fourth-order valence-corrected chi connectivity index (χ4v) is 2.36. The van der Waals surface area contributed by atoms with Crippen LogP contribution in [-0.2, 0) is 0 Å². The Balaban J connectivity index is 1.92. The lowest BCUT2D eigenvalue weighted by Crippen LogP contribution is -2.39. The van der Waals surface area contributed by atoms with Gasteiger partial charge in [-0.05, 0) is 38.1 Å². The van der Waals surface area contributed by atoms with Gasteiger partial charge in [0.05, 0.1) is 16.7 Å². The first-order chi connectivity index (χ1) is 11.8. The first kappa shape index (κ1) is 17.3. The second kappa shape index (κ2) is 6.78. The van der Waals surface area contributed by atoms with Gasteiger partial charge in [0.25, 0.3) is 0 Å². The molecule has 0 aliphatic heterocycles. The molecule has 130 valence electrons. The molecule has 0 radical (unpaired) electrons. The highest BCUT2D eigenvalue weighted by molar-refractivity contribution is 6.31. The number of halogens is 2. The zero-order valence-electron chi connectivity index (χ0n) is 13.8. The fourth-order valence-electron chi connectivity index (χ4n) is 2.18. The molecule has 3 aromatic rings. The van der Waals surface area contributed by atoms with E-state index in [2.05, 4.69) is 25.6 Å². The van der Waals surface area contributed by atoms with Gasteiger partial charge >= 0.3 is 0 Å². The third-order valence-corrected chi connectivity index (χ3v) is 3.72. The minimum absolute atomic E-state index is 0.0394. The Hall–Kier alpha value is -2.51. The summed E-state index contributed by atoms with van der Waals surface area (Å²) in [6, 6.07) is 6.23. The first-order valence-corrected chi connectivity index (χ1v) is 8.05. The highest BCUT2D eigenvalue weighted by Gasteiger charge is 2.12. The monoisotopic (exact) mass is 360 g/mol. The van der Waals surface area contributed by atoms with Gasteiger partial charge < -0.3 is 16.4 Å². The molecule has 0 amide bonds. The maximum atomic E-state index is 13.3. The number of benzene rings is 1. The van der Waals surface area contributed by atoms with Crippen LogP contribution in [0.15, 0.2) is 36.8 Å². The average molecular weight is 361 g/mol. The van der Waals surface area contributed by atoms with E-state index >= 15 is 0 Å². The summed E-state index contributed by atoms with van der Waals surface area (Å²) in [5.41, 5.74) is 6.93. The zero-order chi connectivity index (χ0) is 18.0. The molecule has 8 heteroatoms. The van der Waals surface area contributed by atoms with E-state index in [0.29, 0.717) is 29.4 Å². The van der Waals surface area contributed by atoms with Crippen LogP contribution in [0.3, 0.4) is 0 Å². The average Bonchev–Trinajstić information content (AvgIpc) is 2.56. The molecule has 0 unspecified atom stereocenters. The number of hydrogen-bond acceptors (Lipinski definition) is 6. The van der Waals surface area contributed by atoms with Crippen molar-refractivity contribution in [1.82, 2.24) is 15.0 Å². The van der Waals surface area contributed by atoms with Gasteiger partial charge in [-0.3, -0.25) is 0 Å². The van der Waals surface area contributed by atoms with E-state index in [1.807, 2.05) is 19.9 Å². The summed E-state index contributed by atoms with van der Waals surface area (Å²) < 4.78 is 13.3. The Kier molecular flexibility index (Phi) is 4.69. The fraction of sp³-hybridized carbons (Fsp3) is 0.235. The number of hydrogen-bond donors (Lipinski definition) is 3. The lowest BCUT2D eigenvalue weighted by Gasteiger charge is -2.19. The number of aromatic nitrogens is 3. The number of anilines is 3. The van der Waals surface area contributed by atoms with Crippen LogP contribution in [0, 0.1) is 5.82 Å². The molecule has 0 fully saturated rings. The van der Waals surface area contributed by atoms with Crippen molar-refractivity contribution in [2.24, 2.45) is 5.73 Å². The van der Waals surface area contributed by atoms with Gasteiger partial charge in [0, 0.05) is 23.2 Å². The number of nitrogens with zero attached hydrogens (tertiary/aromatic N) is 3. The van der Waals surface area contributed by atoms with Crippen molar-refractivity contribution in [3.8, 4) is 0 Å². The second-order valence-corrected chi connectivity index (χ2v) is 6.81. The van der Waals surface area contributed by atoms with E-state index in [9.17, 15) is 4.39 Å². The Morgan fingerprint density at radius 3 is 2.72 bits per heavy atom. The van der Waals surface area contributed by atoms with Crippen molar-refractivity contribution in [2.75, 3.05) is 17.2 Å². The van der Waals surface area contributed by atoms with Gasteiger partial charge in [-0.1, -0.05) is 11.6 Å². The molecule has 0 atom stereocenters. The van der Waals surface area contributed by atoms with Crippen molar-refractivity contribution in [3.63, 3.8) is 0 Å². The van der Waals surface area contributed by atoms with E-state index in [0.717, 1.165) is 5.39 Å². The van der Waals surface area contributed by atoms with Crippen molar-refractivity contribution in [3.05, 3.63) is 47.6 Å². The van der Waals surface area contributed by atoms with E-state index in [1.165, 1.54) is 18.5 Å².